The van der Waals surface area contributed by atoms with Gasteiger partial charge in [-0.15, -0.1) is 0 Å². The third kappa shape index (κ3) is 2.67. The van der Waals surface area contributed by atoms with Crippen LogP contribution >= 0.6 is 15.9 Å². The molecule has 0 N–H and O–H groups in total. The van der Waals surface area contributed by atoms with Crippen LogP contribution in [-0.4, -0.2) is 5.78 Å². The van der Waals surface area contributed by atoms with Crippen LogP contribution < -0.4 is 0 Å². The standard InChI is InChI=1S/C15H12BrFO/c1-9-5-10(2)7-11(6-9)15(18)13-8-12(17)3-4-14(13)16/h3-8H,1-2H3. The van der Waals surface area contributed by atoms with Crippen LogP contribution in [-0.2, 0) is 0 Å². The molecule has 0 aliphatic carbocycles. The summed E-state index contributed by atoms with van der Waals surface area (Å²) in [5, 5.41) is 0. The van der Waals surface area contributed by atoms with E-state index in [2.05, 4.69) is 15.9 Å². The van der Waals surface area contributed by atoms with Crippen molar-refractivity contribution in [3.8, 4) is 0 Å². The average Bonchev–Trinajstić information content (AvgIpc) is 2.30. The fourth-order valence-electron chi connectivity index (χ4n) is 1.93. The minimum Gasteiger partial charge on any atom is -0.289 e. The van der Waals surface area contributed by atoms with Crippen LogP contribution in [0.4, 0.5) is 4.39 Å². The van der Waals surface area contributed by atoms with E-state index in [1.54, 1.807) is 6.07 Å². The predicted molar refractivity (Wildman–Crippen MR) is 73.4 cm³/mol. The Morgan fingerprint density at radius 3 is 2.28 bits per heavy atom. The molecule has 3 heteroatoms. The summed E-state index contributed by atoms with van der Waals surface area (Å²) < 4.78 is 13.8. The van der Waals surface area contributed by atoms with Gasteiger partial charge in [0.15, 0.2) is 5.78 Å². The van der Waals surface area contributed by atoms with Crippen molar-refractivity contribution in [2.75, 3.05) is 0 Å². The molecule has 0 bridgehead atoms. The zero-order valence-electron chi connectivity index (χ0n) is 10.1. The summed E-state index contributed by atoms with van der Waals surface area (Å²) in [7, 11) is 0. The lowest BCUT2D eigenvalue weighted by Crippen LogP contribution is -2.04. The number of halogens is 2. The first-order valence-corrected chi connectivity index (χ1v) is 6.35. The van der Waals surface area contributed by atoms with E-state index in [1.807, 2.05) is 32.0 Å². The number of carbonyl (C=O) groups is 1. The Labute approximate surface area is 114 Å². The number of ketones is 1. The fraction of sp³-hybridized carbons (Fsp3) is 0.133. The molecule has 0 radical (unpaired) electrons. The molecule has 0 amide bonds. The molecule has 2 aromatic carbocycles. The van der Waals surface area contributed by atoms with Gasteiger partial charge in [-0.3, -0.25) is 4.79 Å². The molecule has 0 unspecified atom stereocenters. The Morgan fingerprint density at radius 1 is 1.06 bits per heavy atom. The van der Waals surface area contributed by atoms with Crippen molar-refractivity contribution in [3.63, 3.8) is 0 Å². The van der Waals surface area contributed by atoms with Crippen molar-refractivity contribution in [3.05, 3.63) is 68.9 Å². The van der Waals surface area contributed by atoms with Crippen LogP contribution in [0.15, 0.2) is 40.9 Å². The summed E-state index contributed by atoms with van der Waals surface area (Å²) in [6, 6.07) is 9.74. The number of benzene rings is 2. The first kappa shape index (κ1) is 13.0. The van der Waals surface area contributed by atoms with Gasteiger partial charge in [0.1, 0.15) is 5.82 Å². The number of aryl methyl sites for hydroxylation is 2. The first-order valence-electron chi connectivity index (χ1n) is 5.55. The monoisotopic (exact) mass is 306 g/mol. The molecule has 0 heterocycles. The third-order valence-corrected chi connectivity index (χ3v) is 3.35. The molecule has 18 heavy (non-hydrogen) atoms. The van der Waals surface area contributed by atoms with Crippen LogP contribution in [0.25, 0.3) is 0 Å². The van der Waals surface area contributed by atoms with Crippen LogP contribution in [0.2, 0.25) is 0 Å². The molecule has 0 aromatic heterocycles. The fourth-order valence-corrected chi connectivity index (χ4v) is 2.36. The number of carbonyl (C=O) groups excluding carboxylic acids is 1. The lowest BCUT2D eigenvalue weighted by molar-refractivity contribution is 0.103. The molecule has 0 aliphatic rings. The van der Waals surface area contributed by atoms with Crippen LogP contribution in [0.5, 0.6) is 0 Å². The molecule has 0 atom stereocenters. The van der Waals surface area contributed by atoms with Gasteiger partial charge < -0.3 is 0 Å². The van der Waals surface area contributed by atoms with Crippen molar-refractivity contribution in [1.29, 1.82) is 0 Å². The lowest BCUT2D eigenvalue weighted by Gasteiger charge is -2.06. The van der Waals surface area contributed by atoms with Gasteiger partial charge in [-0.05, 0) is 44.2 Å². The summed E-state index contributed by atoms with van der Waals surface area (Å²) >= 11 is 3.28. The molecule has 2 aromatic rings. The van der Waals surface area contributed by atoms with Gasteiger partial charge >= 0.3 is 0 Å². The van der Waals surface area contributed by atoms with Crippen molar-refractivity contribution >= 4 is 21.7 Å². The topological polar surface area (TPSA) is 17.1 Å². The summed E-state index contributed by atoms with van der Waals surface area (Å²) in [4.78, 5) is 12.3. The molecule has 0 saturated carbocycles. The van der Waals surface area contributed by atoms with E-state index in [0.717, 1.165) is 11.1 Å². The highest BCUT2D eigenvalue weighted by atomic mass is 79.9. The first-order chi connectivity index (χ1) is 8.47. The van der Waals surface area contributed by atoms with Gasteiger partial charge in [0.2, 0.25) is 0 Å². The molecule has 0 spiro atoms. The van der Waals surface area contributed by atoms with E-state index in [-0.39, 0.29) is 5.78 Å². The van der Waals surface area contributed by atoms with Crippen molar-refractivity contribution < 1.29 is 9.18 Å². The molecule has 0 aliphatic heterocycles. The zero-order chi connectivity index (χ0) is 13.3. The Bertz CT molecular complexity index is 600. The third-order valence-electron chi connectivity index (χ3n) is 2.66. The minimum atomic E-state index is -0.411. The number of hydrogen-bond donors (Lipinski definition) is 0. The second-order valence-corrected chi connectivity index (χ2v) is 5.18. The smallest absolute Gasteiger partial charge is 0.194 e. The second-order valence-electron chi connectivity index (χ2n) is 4.33. The van der Waals surface area contributed by atoms with E-state index in [0.29, 0.717) is 15.6 Å². The van der Waals surface area contributed by atoms with E-state index in [1.165, 1.54) is 12.1 Å². The molecule has 92 valence electrons. The summed E-state index contributed by atoms with van der Waals surface area (Å²) in [6.45, 7) is 3.87. The molecular weight excluding hydrogens is 295 g/mol. The predicted octanol–water partition coefficient (Wildman–Crippen LogP) is 4.44. The van der Waals surface area contributed by atoms with Gasteiger partial charge in [0, 0.05) is 15.6 Å². The summed E-state index contributed by atoms with van der Waals surface area (Å²) in [6.07, 6.45) is 0. The van der Waals surface area contributed by atoms with E-state index in [9.17, 15) is 9.18 Å². The van der Waals surface area contributed by atoms with Crippen molar-refractivity contribution in [2.45, 2.75) is 13.8 Å². The summed E-state index contributed by atoms with van der Waals surface area (Å²) in [5.74, 6) is -0.584. The molecule has 0 fully saturated rings. The van der Waals surface area contributed by atoms with Crippen molar-refractivity contribution in [1.82, 2.24) is 0 Å². The Balaban J connectivity index is 2.51. The van der Waals surface area contributed by atoms with Gasteiger partial charge in [-0.2, -0.15) is 0 Å². The highest BCUT2D eigenvalue weighted by Gasteiger charge is 2.14. The Hall–Kier alpha value is -1.48. The Morgan fingerprint density at radius 2 is 1.67 bits per heavy atom. The normalized spacial score (nSPS) is 10.4. The van der Waals surface area contributed by atoms with Crippen LogP contribution in [0.1, 0.15) is 27.0 Å². The molecule has 1 nitrogen and oxygen atoms in total. The van der Waals surface area contributed by atoms with E-state index >= 15 is 0 Å². The molecular formula is C15H12BrFO. The van der Waals surface area contributed by atoms with Crippen molar-refractivity contribution in [2.24, 2.45) is 0 Å². The molecule has 0 saturated heterocycles. The number of hydrogen-bond acceptors (Lipinski definition) is 1. The van der Waals surface area contributed by atoms with Crippen LogP contribution in [0.3, 0.4) is 0 Å². The van der Waals surface area contributed by atoms with Gasteiger partial charge in [-0.25, -0.2) is 4.39 Å². The maximum atomic E-state index is 13.2. The maximum absolute atomic E-state index is 13.2. The maximum Gasteiger partial charge on any atom is 0.194 e. The van der Waals surface area contributed by atoms with Gasteiger partial charge in [0.25, 0.3) is 0 Å². The second kappa shape index (κ2) is 5.02. The highest BCUT2D eigenvalue weighted by molar-refractivity contribution is 9.10. The highest BCUT2D eigenvalue weighted by Crippen LogP contribution is 2.22. The van der Waals surface area contributed by atoms with Crippen LogP contribution in [0, 0.1) is 19.7 Å². The largest absolute Gasteiger partial charge is 0.289 e. The van der Waals surface area contributed by atoms with Gasteiger partial charge in [0.05, 0.1) is 0 Å². The minimum absolute atomic E-state index is 0.173. The summed E-state index contributed by atoms with van der Waals surface area (Å²) in [5.41, 5.74) is 2.97. The Kier molecular flexibility index (Phi) is 3.62. The van der Waals surface area contributed by atoms with E-state index in [4.69, 9.17) is 0 Å². The van der Waals surface area contributed by atoms with Gasteiger partial charge in [-0.1, -0.05) is 33.1 Å². The zero-order valence-corrected chi connectivity index (χ0v) is 11.7. The quantitative estimate of drug-likeness (QED) is 0.750. The van der Waals surface area contributed by atoms with E-state index < -0.39 is 5.82 Å². The average molecular weight is 307 g/mol. The molecule has 2 rings (SSSR count). The number of rotatable bonds is 2. The lowest BCUT2D eigenvalue weighted by atomic mass is 9.99. The SMILES string of the molecule is Cc1cc(C)cc(C(=O)c2cc(F)ccc2Br)c1.